The SMILES string of the molecule is O=C(O)Oc1ccc2ccc(OCCCCN3CCN(c4cccc5c4CCS5)CC3)cc2n1. The van der Waals surface area contributed by atoms with Crippen LogP contribution in [0.1, 0.15) is 18.4 Å². The molecule has 2 aliphatic rings. The van der Waals surface area contributed by atoms with Crippen molar-refractivity contribution in [3.63, 3.8) is 0 Å². The van der Waals surface area contributed by atoms with E-state index in [1.165, 1.54) is 22.8 Å². The fourth-order valence-electron chi connectivity index (χ4n) is 4.65. The van der Waals surface area contributed by atoms with Gasteiger partial charge in [-0.25, -0.2) is 9.78 Å². The van der Waals surface area contributed by atoms with E-state index in [9.17, 15) is 4.79 Å². The number of fused-ring (bicyclic) bond motifs is 2. The minimum Gasteiger partial charge on any atom is -0.494 e. The number of nitrogens with zero attached hydrogens (tertiary/aromatic N) is 3. The number of carboxylic acid groups (broad SMARTS) is 1. The molecule has 2 aliphatic heterocycles. The maximum atomic E-state index is 10.7. The lowest BCUT2D eigenvalue weighted by molar-refractivity contribution is 0.142. The summed E-state index contributed by atoms with van der Waals surface area (Å²) in [5, 5.41) is 9.67. The third kappa shape index (κ3) is 5.39. The maximum absolute atomic E-state index is 10.7. The Kier molecular flexibility index (Phi) is 7.06. The summed E-state index contributed by atoms with van der Waals surface area (Å²) in [5.74, 6) is 2.01. The van der Waals surface area contributed by atoms with Crippen LogP contribution in [0.4, 0.5) is 10.5 Å². The van der Waals surface area contributed by atoms with Crippen molar-refractivity contribution in [1.82, 2.24) is 9.88 Å². The maximum Gasteiger partial charge on any atom is 0.512 e. The molecule has 0 unspecified atom stereocenters. The monoisotopic (exact) mass is 479 g/mol. The van der Waals surface area contributed by atoms with Crippen LogP contribution in [0.5, 0.6) is 11.6 Å². The number of pyridine rings is 1. The Bertz CT molecular complexity index is 1160. The fraction of sp³-hybridized carbons (Fsp3) is 0.385. The molecule has 1 fully saturated rings. The molecule has 0 bridgehead atoms. The highest BCUT2D eigenvalue weighted by atomic mass is 32.2. The standard InChI is InChI=1S/C26H29N3O4S/c30-26(31)33-25-9-7-19-6-8-20(18-22(19)27-25)32-16-2-1-11-28-12-14-29(15-13-28)23-4-3-5-24-21(23)10-17-34-24/h3-9,18H,1-2,10-17H2,(H,30,31). The summed E-state index contributed by atoms with van der Waals surface area (Å²) < 4.78 is 10.6. The first-order valence-electron chi connectivity index (χ1n) is 11.8. The number of benzene rings is 2. The van der Waals surface area contributed by atoms with Crippen LogP contribution in [0.15, 0.2) is 53.4 Å². The van der Waals surface area contributed by atoms with Gasteiger partial charge in [0.15, 0.2) is 0 Å². The van der Waals surface area contributed by atoms with E-state index in [0.717, 1.165) is 56.7 Å². The highest BCUT2D eigenvalue weighted by Crippen LogP contribution is 2.37. The molecular weight excluding hydrogens is 450 g/mol. The van der Waals surface area contributed by atoms with Crippen LogP contribution in [-0.2, 0) is 6.42 Å². The second-order valence-electron chi connectivity index (χ2n) is 8.61. The van der Waals surface area contributed by atoms with Gasteiger partial charge in [-0.1, -0.05) is 6.07 Å². The van der Waals surface area contributed by atoms with E-state index in [-0.39, 0.29) is 5.88 Å². The molecule has 0 atom stereocenters. The lowest BCUT2D eigenvalue weighted by Gasteiger charge is -2.37. The van der Waals surface area contributed by atoms with Crippen LogP contribution < -0.4 is 14.4 Å². The zero-order chi connectivity index (χ0) is 23.3. The first-order chi connectivity index (χ1) is 16.7. The molecule has 3 aromatic rings. The van der Waals surface area contributed by atoms with E-state index in [4.69, 9.17) is 9.84 Å². The molecule has 2 aromatic carbocycles. The van der Waals surface area contributed by atoms with Gasteiger partial charge < -0.3 is 19.5 Å². The van der Waals surface area contributed by atoms with E-state index in [2.05, 4.69) is 37.7 Å². The molecule has 178 valence electrons. The summed E-state index contributed by atoms with van der Waals surface area (Å²) in [6, 6.07) is 15.7. The van der Waals surface area contributed by atoms with Crippen molar-refractivity contribution in [3.8, 4) is 11.6 Å². The third-order valence-electron chi connectivity index (χ3n) is 6.40. The van der Waals surface area contributed by atoms with E-state index in [1.807, 2.05) is 30.0 Å². The van der Waals surface area contributed by atoms with Gasteiger partial charge in [-0.05, 0) is 61.7 Å². The highest BCUT2D eigenvalue weighted by molar-refractivity contribution is 7.99. The number of hydrogen-bond acceptors (Lipinski definition) is 7. The number of ether oxygens (including phenoxy) is 2. The predicted molar refractivity (Wildman–Crippen MR) is 135 cm³/mol. The average molecular weight is 480 g/mol. The van der Waals surface area contributed by atoms with Crippen molar-refractivity contribution in [2.45, 2.75) is 24.2 Å². The predicted octanol–water partition coefficient (Wildman–Crippen LogP) is 4.92. The smallest absolute Gasteiger partial charge is 0.494 e. The van der Waals surface area contributed by atoms with Crippen molar-refractivity contribution in [2.75, 3.05) is 50.0 Å². The van der Waals surface area contributed by atoms with Crippen molar-refractivity contribution in [3.05, 3.63) is 54.1 Å². The van der Waals surface area contributed by atoms with E-state index in [1.54, 1.807) is 17.7 Å². The molecule has 0 spiro atoms. The minimum atomic E-state index is -1.37. The zero-order valence-electron chi connectivity index (χ0n) is 19.1. The van der Waals surface area contributed by atoms with E-state index in [0.29, 0.717) is 12.1 Å². The number of rotatable bonds is 8. The third-order valence-corrected chi connectivity index (χ3v) is 7.50. The number of thioether (sulfide) groups is 1. The summed E-state index contributed by atoms with van der Waals surface area (Å²) >= 11 is 1.98. The number of anilines is 1. The van der Waals surface area contributed by atoms with Crippen LogP contribution in [0, 0.1) is 0 Å². The van der Waals surface area contributed by atoms with E-state index < -0.39 is 6.16 Å². The van der Waals surface area contributed by atoms with Gasteiger partial charge in [-0.15, -0.1) is 11.8 Å². The largest absolute Gasteiger partial charge is 0.512 e. The van der Waals surface area contributed by atoms with Gasteiger partial charge in [0, 0.05) is 60.0 Å². The first kappa shape index (κ1) is 22.8. The zero-order valence-corrected chi connectivity index (χ0v) is 19.9. The van der Waals surface area contributed by atoms with E-state index >= 15 is 0 Å². The molecule has 1 saturated heterocycles. The van der Waals surface area contributed by atoms with Gasteiger partial charge in [0.2, 0.25) is 5.88 Å². The molecule has 1 aromatic heterocycles. The first-order valence-corrected chi connectivity index (χ1v) is 12.8. The van der Waals surface area contributed by atoms with Gasteiger partial charge in [0.25, 0.3) is 0 Å². The average Bonchev–Trinajstić information content (AvgIpc) is 3.33. The molecule has 1 N–H and O–H groups in total. The van der Waals surface area contributed by atoms with Crippen LogP contribution in [-0.4, -0.2) is 66.2 Å². The summed E-state index contributed by atoms with van der Waals surface area (Å²) in [5.41, 5.74) is 3.64. The van der Waals surface area contributed by atoms with Crippen molar-refractivity contribution < 1.29 is 19.4 Å². The normalized spacial score (nSPS) is 15.9. The Hall–Kier alpha value is -2.97. The topological polar surface area (TPSA) is 75.1 Å². The molecule has 8 heteroatoms. The number of carbonyl (C=O) groups is 1. The molecule has 0 amide bonds. The second-order valence-corrected chi connectivity index (χ2v) is 9.75. The number of hydrogen-bond donors (Lipinski definition) is 1. The number of aromatic nitrogens is 1. The molecule has 7 nitrogen and oxygen atoms in total. The van der Waals surface area contributed by atoms with Gasteiger partial charge in [0.05, 0.1) is 12.1 Å². The van der Waals surface area contributed by atoms with Crippen LogP contribution in [0.2, 0.25) is 0 Å². The van der Waals surface area contributed by atoms with Gasteiger partial charge >= 0.3 is 6.16 Å². The molecule has 0 saturated carbocycles. The fourth-order valence-corrected chi connectivity index (χ4v) is 5.74. The summed E-state index contributed by atoms with van der Waals surface area (Å²) in [6.45, 7) is 6.13. The number of unbranched alkanes of at least 4 members (excludes halogenated alkanes) is 1. The van der Waals surface area contributed by atoms with Gasteiger partial charge in [0.1, 0.15) is 5.75 Å². The summed E-state index contributed by atoms with van der Waals surface area (Å²) in [4.78, 5) is 21.5. The summed E-state index contributed by atoms with van der Waals surface area (Å²) in [6.07, 6.45) is 1.90. The molecule has 5 rings (SSSR count). The Morgan fingerprint density at radius 1 is 1.06 bits per heavy atom. The molecule has 34 heavy (non-hydrogen) atoms. The molecule has 3 heterocycles. The van der Waals surface area contributed by atoms with Gasteiger partial charge in [-0.3, -0.25) is 4.90 Å². The van der Waals surface area contributed by atoms with Crippen LogP contribution in [0.25, 0.3) is 10.9 Å². The lowest BCUT2D eigenvalue weighted by Crippen LogP contribution is -2.47. The van der Waals surface area contributed by atoms with Crippen molar-refractivity contribution >= 4 is 34.5 Å². The Balaban J connectivity index is 1.04. The lowest BCUT2D eigenvalue weighted by atomic mass is 10.1. The number of piperazine rings is 1. The second kappa shape index (κ2) is 10.5. The Labute approximate surface area is 203 Å². The van der Waals surface area contributed by atoms with Gasteiger partial charge in [-0.2, -0.15) is 0 Å². The molecule has 0 aliphatic carbocycles. The Morgan fingerprint density at radius 2 is 1.91 bits per heavy atom. The summed E-state index contributed by atoms with van der Waals surface area (Å²) in [7, 11) is 0. The Morgan fingerprint density at radius 3 is 2.76 bits per heavy atom. The van der Waals surface area contributed by atoms with Crippen LogP contribution in [0.3, 0.4) is 0 Å². The quantitative estimate of drug-likeness (QED) is 0.360. The van der Waals surface area contributed by atoms with Crippen molar-refractivity contribution in [1.29, 1.82) is 0 Å². The highest BCUT2D eigenvalue weighted by Gasteiger charge is 2.22. The van der Waals surface area contributed by atoms with Crippen molar-refractivity contribution in [2.24, 2.45) is 0 Å². The van der Waals surface area contributed by atoms with Crippen LogP contribution >= 0.6 is 11.8 Å². The molecule has 0 radical (unpaired) electrons. The molecular formula is C26H29N3O4S. The minimum absolute atomic E-state index is 0.0628.